The number of benzene rings is 2. The Bertz CT molecular complexity index is 770. The highest BCUT2D eigenvalue weighted by Gasteiger charge is 2.16. The lowest BCUT2D eigenvalue weighted by molar-refractivity contribution is 0.406. The van der Waals surface area contributed by atoms with Crippen molar-refractivity contribution in [1.82, 2.24) is 4.90 Å². The molecular weight excluding hydrogens is 304 g/mol. The summed E-state index contributed by atoms with van der Waals surface area (Å²) < 4.78 is 0. The first-order valence-corrected chi connectivity index (χ1v) is 8.66. The lowest BCUT2D eigenvalue weighted by Gasteiger charge is -2.28. The van der Waals surface area contributed by atoms with Crippen LogP contribution in [-0.4, -0.2) is 10.7 Å². The van der Waals surface area contributed by atoms with Crippen LogP contribution in [0.3, 0.4) is 0 Å². The van der Waals surface area contributed by atoms with Gasteiger partial charge in [0.25, 0.3) is 0 Å². The molecule has 0 aromatic heterocycles. The van der Waals surface area contributed by atoms with Crippen molar-refractivity contribution >= 4 is 5.84 Å². The zero-order chi connectivity index (χ0) is 17.5. The van der Waals surface area contributed by atoms with Crippen LogP contribution in [-0.2, 0) is 13.1 Å². The van der Waals surface area contributed by atoms with Crippen LogP contribution < -0.4 is 0 Å². The van der Waals surface area contributed by atoms with Gasteiger partial charge < -0.3 is 4.90 Å². The Morgan fingerprint density at radius 3 is 1.88 bits per heavy atom. The van der Waals surface area contributed by atoms with E-state index in [0.717, 1.165) is 18.9 Å². The normalized spacial score (nSPS) is 21.6. The molecule has 0 radical (unpaired) electrons. The van der Waals surface area contributed by atoms with E-state index in [2.05, 4.69) is 85.5 Å². The van der Waals surface area contributed by atoms with E-state index in [0.29, 0.717) is 0 Å². The third kappa shape index (κ3) is 4.57. The molecule has 25 heavy (non-hydrogen) atoms. The van der Waals surface area contributed by atoms with Gasteiger partial charge in [-0.3, -0.25) is 0 Å². The second kappa shape index (κ2) is 8.29. The number of hydrogen-bond donors (Lipinski definition) is 0. The summed E-state index contributed by atoms with van der Waals surface area (Å²) >= 11 is 0. The zero-order valence-electron chi connectivity index (χ0n) is 14.9. The van der Waals surface area contributed by atoms with Crippen LogP contribution in [0.4, 0.5) is 0 Å². The number of amidine groups is 1. The molecule has 1 aliphatic heterocycles. The van der Waals surface area contributed by atoms with Crippen LogP contribution in [0.1, 0.15) is 25.0 Å². The first kappa shape index (κ1) is 17.0. The summed E-state index contributed by atoms with van der Waals surface area (Å²) in [5.74, 6) is 1.03. The Balaban J connectivity index is 1.96. The van der Waals surface area contributed by atoms with Crippen LogP contribution in [0, 0.1) is 0 Å². The van der Waals surface area contributed by atoms with Gasteiger partial charge >= 0.3 is 0 Å². The molecule has 1 aliphatic rings. The van der Waals surface area contributed by atoms with E-state index in [1.54, 1.807) is 0 Å². The van der Waals surface area contributed by atoms with Gasteiger partial charge in [-0.15, -0.1) is 0 Å². The van der Waals surface area contributed by atoms with E-state index < -0.39 is 0 Å². The maximum atomic E-state index is 4.76. The van der Waals surface area contributed by atoms with Gasteiger partial charge in [0.1, 0.15) is 5.84 Å². The summed E-state index contributed by atoms with van der Waals surface area (Å²) in [4.78, 5) is 7.11. The molecule has 0 saturated heterocycles. The van der Waals surface area contributed by atoms with Gasteiger partial charge in [-0.05, 0) is 42.2 Å². The number of allylic oxidation sites excluding steroid dienone is 4. The molecule has 0 atom stereocenters. The van der Waals surface area contributed by atoms with Gasteiger partial charge in [-0.2, -0.15) is 0 Å². The molecule has 0 amide bonds. The topological polar surface area (TPSA) is 15.6 Å². The number of hydrogen-bond acceptors (Lipinski definition) is 2. The molecular formula is C23H24N2. The molecule has 0 aliphatic carbocycles. The highest BCUT2D eigenvalue weighted by molar-refractivity contribution is 5.99. The fourth-order valence-electron chi connectivity index (χ4n) is 2.89. The Morgan fingerprint density at radius 1 is 0.760 bits per heavy atom. The summed E-state index contributed by atoms with van der Waals surface area (Å²) in [5.41, 5.74) is 5.03. The first-order chi connectivity index (χ1) is 12.2. The first-order valence-electron chi connectivity index (χ1n) is 8.66. The highest BCUT2D eigenvalue weighted by Crippen LogP contribution is 2.18. The number of nitrogens with zero attached hydrogens (tertiary/aromatic N) is 2. The van der Waals surface area contributed by atoms with Gasteiger partial charge in [0.05, 0.1) is 0 Å². The SMILES string of the molecule is CC1=C(C)/C(N(Cc2ccccc2)Cc2ccccc2)=N/C=C\C=C\1. The van der Waals surface area contributed by atoms with E-state index in [4.69, 9.17) is 4.99 Å². The minimum atomic E-state index is 0.830. The van der Waals surface area contributed by atoms with Crippen LogP contribution >= 0.6 is 0 Å². The quantitative estimate of drug-likeness (QED) is 0.723. The minimum Gasteiger partial charge on any atom is -0.348 e. The highest BCUT2D eigenvalue weighted by atomic mass is 15.2. The zero-order valence-corrected chi connectivity index (χ0v) is 14.9. The maximum absolute atomic E-state index is 4.76. The predicted octanol–water partition coefficient (Wildman–Crippen LogP) is 5.51. The third-order valence-corrected chi connectivity index (χ3v) is 4.40. The standard InChI is InChI=1S/C23H24N2/c1-19-11-9-10-16-24-23(20(19)2)25(17-21-12-5-3-6-13-21)18-22-14-7-4-8-15-22/h3-16H,17-18H2,1-2H3/b10-9?,11-9+,16-10-,19-11?,20-19-,23-20?,24-16?,24-23-. The van der Waals surface area contributed by atoms with Crippen LogP contribution in [0.2, 0.25) is 0 Å². The molecule has 2 heteroatoms. The lowest BCUT2D eigenvalue weighted by atomic mass is 10.1. The van der Waals surface area contributed by atoms with E-state index in [-0.39, 0.29) is 0 Å². The Kier molecular flexibility index (Phi) is 5.63. The fourth-order valence-corrected chi connectivity index (χ4v) is 2.89. The molecule has 0 saturated carbocycles. The second-order valence-electron chi connectivity index (χ2n) is 6.29. The molecule has 0 spiro atoms. The van der Waals surface area contributed by atoms with E-state index >= 15 is 0 Å². The molecule has 0 unspecified atom stereocenters. The average molecular weight is 328 g/mol. The van der Waals surface area contributed by atoms with Crippen molar-refractivity contribution in [2.75, 3.05) is 0 Å². The Morgan fingerprint density at radius 2 is 1.32 bits per heavy atom. The summed E-state index contributed by atoms with van der Waals surface area (Å²) in [6.07, 6.45) is 8.05. The smallest absolute Gasteiger partial charge is 0.132 e. The van der Waals surface area contributed by atoms with Gasteiger partial charge in [0, 0.05) is 19.3 Å². The summed E-state index contributed by atoms with van der Waals surface area (Å²) in [6, 6.07) is 21.2. The van der Waals surface area contributed by atoms with Crippen molar-refractivity contribution in [3.63, 3.8) is 0 Å². The van der Waals surface area contributed by atoms with Crippen molar-refractivity contribution in [1.29, 1.82) is 0 Å². The van der Waals surface area contributed by atoms with E-state index in [1.165, 1.54) is 22.3 Å². The molecule has 3 rings (SSSR count). The number of rotatable bonds is 4. The van der Waals surface area contributed by atoms with Crippen molar-refractivity contribution < 1.29 is 0 Å². The van der Waals surface area contributed by atoms with Crippen molar-refractivity contribution in [2.45, 2.75) is 26.9 Å². The fraction of sp³-hybridized carbons (Fsp3) is 0.174. The maximum Gasteiger partial charge on any atom is 0.132 e. The minimum absolute atomic E-state index is 0.830. The lowest BCUT2D eigenvalue weighted by Crippen LogP contribution is -2.31. The largest absolute Gasteiger partial charge is 0.348 e. The van der Waals surface area contributed by atoms with Crippen LogP contribution in [0.15, 0.2) is 101 Å². The van der Waals surface area contributed by atoms with Crippen molar-refractivity contribution in [3.8, 4) is 0 Å². The van der Waals surface area contributed by atoms with Gasteiger partial charge in [0.2, 0.25) is 0 Å². The molecule has 2 nitrogen and oxygen atoms in total. The van der Waals surface area contributed by atoms with Crippen molar-refractivity contribution in [3.05, 3.63) is 107 Å². The summed E-state index contributed by atoms with van der Waals surface area (Å²) in [7, 11) is 0. The van der Waals surface area contributed by atoms with Gasteiger partial charge in [-0.25, -0.2) is 4.99 Å². The van der Waals surface area contributed by atoms with Crippen molar-refractivity contribution in [2.24, 2.45) is 4.99 Å². The molecule has 2 aromatic carbocycles. The predicted molar refractivity (Wildman–Crippen MR) is 106 cm³/mol. The summed E-state index contributed by atoms with van der Waals surface area (Å²) in [5, 5.41) is 0. The Labute approximate surface area is 150 Å². The van der Waals surface area contributed by atoms with E-state index in [1.807, 2.05) is 18.4 Å². The molecule has 0 bridgehead atoms. The summed E-state index contributed by atoms with van der Waals surface area (Å²) in [6.45, 7) is 5.96. The molecule has 0 fully saturated rings. The van der Waals surface area contributed by atoms with Gasteiger partial charge in [0.15, 0.2) is 0 Å². The number of aliphatic imine (C=N–C) groups is 1. The Hall–Kier alpha value is -2.87. The third-order valence-electron chi connectivity index (χ3n) is 4.40. The average Bonchev–Trinajstić information content (AvgIpc) is 2.64. The molecule has 1 heterocycles. The van der Waals surface area contributed by atoms with Crippen LogP contribution in [0.25, 0.3) is 0 Å². The molecule has 2 aromatic rings. The molecule has 126 valence electrons. The monoisotopic (exact) mass is 328 g/mol. The van der Waals surface area contributed by atoms with E-state index in [9.17, 15) is 0 Å². The second-order valence-corrected chi connectivity index (χ2v) is 6.29. The van der Waals surface area contributed by atoms with Gasteiger partial charge in [-0.1, -0.05) is 72.8 Å². The molecule has 0 N–H and O–H groups in total. The van der Waals surface area contributed by atoms with Crippen LogP contribution in [0.5, 0.6) is 0 Å².